The highest BCUT2D eigenvalue weighted by atomic mass is 19.1. The topological polar surface area (TPSA) is 120 Å². The van der Waals surface area contributed by atoms with Crippen molar-refractivity contribution in [1.82, 2.24) is 19.6 Å². The highest BCUT2D eigenvalue weighted by Gasteiger charge is 2.31. The molecule has 12 heteroatoms. The summed E-state index contributed by atoms with van der Waals surface area (Å²) in [6.07, 6.45) is -0.717. The van der Waals surface area contributed by atoms with Crippen molar-refractivity contribution < 1.29 is 29.1 Å². The first-order valence-corrected chi connectivity index (χ1v) is 16.2. The van der Waals surface area contributed by atoms with E-state index in [0.29, 0.717) is 74.2 Å². The van der Waals surface area contributed by atoms with Crippen LogP contribution in [0.25, 0.3) is 11.0 Å². The van der Waals surface area contributed by atoms with E-state index in [1.54, 1.807) is 12.1 Å². The molecule has 0 saturated carbocycles. The Morgan fingerprint density at radius 2 is 1.79 bits per heavy atom. The predicted molar refractivity (Wildman–Crippen MR) is 173 cm³/mol. The molecule has 1 unspecified atom stereocenters. The van der Waals surface area contributed by atoms with Crippen molar-refractivity contribution in [1.29, 1.82) is 0 Å². The predicted octanol–water partition coefficient (Wildman–Crippen LogP) is 5.32. The molecule has 4 aromatic rings. The van der Waals surface area contributed by atoms with Gasteiger partial charge in [-0.25, -0.2) is 13.8 Å². The van der Waals surface area contributed by atoms with Crippen molar-refractivity contribution >= 4 is 22.4 Å². The third-order valence-electron chi connectivity index (χ3n) is 9.79. The second kappa shape index (κ2) is 13.2. The number of aliphatic hydroxyl groups excluding tert-OH is 1. The number of hydrogen-bond acceptors (Lipinski definition) is 9. The number of piperidine rings is 2. The fourth-order valence-corrected chi connectivity index (χ4v) is 7.23. The first-order valence-electron chi connectivity index (χ1n) is 18.2. The van der Waals surface area contributed by atoms with Gasteiger partial charge < -0.3 is 24.6 Å². The van der Waals surface area contributed by atoms with Crippen LogP contribution < -0.4 is 10.5 Å². The van der Waals surface area contributed by atoms with Gasteiger partial charge in [-0.15, -0.1) is 0 Å². The van der Waals surface area contributed by atoms with Gasteiger partial charge in [0.05, 0.1) is 11.4 Å². The molecule has 0 amide bonds. The van der Waals surface area contributed by atoms with E-state index in [-0.39, 0.29) is 48.6 Å². The smallest absolute Gasteiger partial charge is 0.257 e. The Morgan fingerprint density at radius 3 is 2.55 bits per heavy atom. The third-order valence-corrected chi connectivity index (χ3v) is 9.79. The number of fused-ring (bicyclic) bond motifs is 2. The number of oxime groups is 1. The first-order chi connectivity index (χ1) is 24.3. The lowest BCUT2D eigenvalue weighted by Gasteiger charge is -2.36. The molecule has 1 atom stereocenters. The van der Waals surface area contributed by atoms with Crippen LogP contribution in [0.3, 0.4) is 0 Å². The molecule has 2 saturated heterocycles. The molecule has 0 aliphatic carbocycles. The van der Waals surface area contributed by atoms with E-state index in [9.17, 15) is 23.9 Å². The van der Waals surface area contributed by atoms with Gasteiger partial charge in [-0.2, -0.15) is 0 Å². The number of aromatic nitrogens is 3. The fourth-order valence-electron chi connectivity index (χ4n) is 7.23. The number of rotatable bonds is 7. The lowest BCUT2D eigenvalue weighted by atomic mass is 9.86. The second-order valence-corrected chi connectivity index (χ2v) is 12.7. The molecule has 47 heavy (non-hydrogen) atoms. The molecule has 7 rings (SSSR count). The van der Waals surface area contributed by atoms with Gasteiger partial charge in [0.2, 0.25) is 0 Å². The molecule has 3 aliphatic heterocycles. The Hall–Kier alpha value is -4.16. The largest absolute Gasteiger partial charge is 0.411 e. The van der Waals surface area contributed by atoms with Crippen molar-refractivity contribution in [3.63, 3.8) is 0 Å². The molecule has 2 aromatic heterocycles. The van der Waals surface area contributed by atoms with Crippen molar-refractivity contribution in [2.75, 3.05) is 37.6 Å². The maximum Gasteiger partial charge on any atom is 0.257 e. The molecule has 0 bridgehead atoms. The van der Waals surface area contributed by atoms with Gasteiger partial charge in [-0.1, -0.05) is 10.3 Å². The highest BCUT2D eigenvalue weighted by Crippen LogP contribution is 2.36. The van der Waals surface area contributed by atoms with Gasteiger partial charge in [-0.3, -0.25) is 9.36 Å². The number of anilines is 1. The molecule has 2 fully saturated rings. The van der Waals surface area contributed by atoms with Crippen molar-refractivity contribution in [3.05, 3.63) is 86.7 Å². The SMILES string of the molecule is [2H]C([2H])(c1c(C)nc2n(c1=O)CCCC2O)C([2H])([2H])N1CCC(/C(=N\O)c2ccc(F)cc2N2CCC(c3noc4cc(F)ccc34)CC2)CC1. The van der Waals surface area contributed by atoms with Crippen LogP contribution in [0.2, 0.25) is 0 Å². The Labute approximate surface area is 276 Å². The van der Waals surface area contributed by atoms with Gasteiger partial charge in [0.25, 0.3) is 5.56 Å². The van der Waals surface area contributed by atoms with Gasteiger partial charge in [0.1, 0.15) is 23.6 Å². The van der Waals surface area contributed by atoms with Crippen LogP contribution in [-0.4, -0.2) is 68.3 Å². The Bertz CT molecular complexity index is 2040. The summed E-state index contributed by atoms with van der Waals surface area (Å²) < 4.78 is 70.8. The van der Waals surface area contributed by atoms with Gasteiger partial charge in [0, 0.05) is 77.4 Å². The Kier molecular flexibility index (Phi) is 7.52. The van der Waals surface area contributed by atoms with Crippen LogP contribution in [0, 0.1) is 24.5 Å². The zero-order chi connectivity index (χ0) is 36.2. The number of halogens is 2. The molecule has 3 aliphatic rings. The van der Waals surface area contributed by atoms with Crippen LogP contribution in [0.4, 0.5) is 14.5 Å². The van der Waals surface area contributed by atoms with Crippen LogP contribution >= 0.6 is 0 Å². The summed E-state index contributed by atoms with van der Waals surface area (Å²) in [4.78, 5) is 21.3. The summed E-state index contributed by atoms with van der Waals surface area (Å²) in [6.45, 7) is 0.444. The van der Waals surface area contributed by atoms with E-state index in [4.69, 9.17) is 10.0 Å². The maximum absolute atomic E-state index is 14.7. The van der Waals surface area contributed by atoms with E-state index >= 15 is 0 Å². The second-order valence-electron chi connectivity index (χ2n) is 12.7. The summed E-state index contributed by atoms with van der Waals surface area (Å²) in [6, 6.07) is 8.68. The van der Waals surface area contributed by atoms with Crippen LogP contribution in [-0.2, 0) is 12.9 Å². The van der Waals surface area contributed by atoms with Crippen molar-refractivity contribution in [2.45, 2.75) is 70.4 Å². The minimum absolute atomic E-state index is 0.0447. The summed E-state index contributed by atoms with van der Waals surface area (Å²) in [5, 5.41) is 29.3. The normalized spacial score (nSPS) is 22.1. The molecule has 2 N–H and O–H groups in total. The molecular weight excluding hydrogens is 606 g/mol. The highest BCUT2D eigenvalue weighted by molar-refractivity contribution is 6.06. The monoisotopic (exact) mass is 650 g/mol. The maximum atomic E-state index is 14.7. The number of likely N-dealkylation sites (tertiary alicyclic amines) is 1. The van der Waals surface area contributed by atoms with Crippen LogP contribution in [0.15, 0.2) is 50.9 Å². The lowest BCUT2D eigenvalue weighted by molar-refractivity contribution is 0.129. The van der Waals surface area contributed by atoms with E-state index in [0.717, 1.165) is 11.1 Å². The minimum atomic E-state index is -2.74. The molecule has 5 heterocycles. The number of benzene rings is 2. The zero-order valence-corrected chi connectivity index (χ0v) is 26.1. The number of hydrogen-bond donors (Lipinski definition) is 2. The van der Waals surface area contributed by atoms with E-state index < -0.39 is 36.2 Å². The standard InChI is InChI=1S/C35H40F2N6O4/c1-21-26(35(45)43-13-2-3-30(44)34(43)38-21)12-16-41-14-8-22(9-15-41)32(39-46)27-6-4-24(36)19-29(27)42-17-10-23(11-18-42)33-28-7-5-25(37)20-31(28)47-40-33/h4-7,19-20,22-23,30,44,46H,2-3,8-18H2,1H3/b39-32+/i12D2,16D2. The van der Waals surface area contributed by atoms with Crippen molar-refractivity contribution in [2.24, 2.45) is 11.1 Å². The Morgan fingerprint density at radius 1 is 1.04 bits per heavy atom. The third kappa shape index (κ3) is 6.16. The van der Waals surface area contributed by atoms with Gasteiger partial charge in [0.15, 0.2) is 5.58 Å². The minimum Gasteiger partial charge on any atom is -0.411 e. The lowest BCUT2D eigenvalue weighted by Crippen LogP contribution is -2.40. The first kappa shape index (κ1) is 26.9. The molecule has 2 aromatic carbocycles. The molecule has 0 spiro atoms. The number of aliphatic hydroxyl groups is 1. The molecule has 10 nitrogen and oxygen atoms in total. The van der Waals surface area contributed by atoms with E-state index in [1.807, 2.05) is 4.90 Å². The molecule has 0 radical (unpaired) electrons. The summed E-state index contributed by atoms with van der Waals surface area (Å²) in [5.41, 5.74) is 1.61. The molecule has 248 valence electrons. The van der Waals surface area contributed by atoms with E-state index in [1.165, 1.54) is 40.7 Å². The average molecular weight is 651 g/mol. The molecular formula is C35H40F2N6O4. The summed E-state index contributed by atoms with van der Waals surface area (Å²) in [5.74, 6) is -0.954. The van der Waals surface area contributed by atoms with Gasteiger partial charge >= 0.3 is 0 Å². The summed E-state index contributed by atoms with van der Waals surface area (Å²) in [7, 11) is 0. The van der Waals surface area contributed by atoms with Crippen LogP contribution in [0.5, 0.6) is 0 Å². The number of nitrogens with zero attached hydrogens (tertiary/aromatic N) is 6. The summed E-state index contributed by atoms with van der Waals surface area (Å²) >= 11 is 0. The van der Waals surface area contributed by atoms with E-state index in [2.05, 4.69) is 15.3 Å². The Balaban J connectivity index is 1.07. The van der Waals surface area contributed by atoms with Crippen molar-refractivity contribution in [3.8, 4) is 0 Å². The zero-order valence-electron chi connectivity index (χ0n) is 30.1. The number of aryl methyl sites for hydroxylation is 1. The quantitative estimate of drug-likeness (QED) is 0.157. The van der Waals surface area contributed by atoms with Crippen LogP contribution in [0.1, 0.15) is 84.4 Å². The van der Waals surface area contributed by atoms with Gasteiger partial charge in [-0.05, 0) is 95.2 Å². The fraction of sp³-hybridized carbons (Fsp3) is 0.486. The average Bonchev–Trinajstić information content (AvgIpc) is 3.53.